The quantitative estimate of drug-likeness (QED) is 0.532. The number of anilines is 1. The number of hydrogen-bond donors (Lipinski definition) is 1. The number of fused-ring (bicyclic) bond motifs is 2. The largest absolute Gasteiger partial charge is 0.495 e. The van der Waals surface area contributed by atoms with Crippen LogP contribution in [-0.2, 0) is 6.54 Å². The summed E-state index contributed by atoms with van der Waals surface area (Å²) >= 11 is 1.72. The summed E-state index contributed by atoms with van der Waals surface area (Å²) in [6, 6.07) is 9.32. The fourth-order valence-electron chi connectivity index (χ4n) is 4.21. The van der Waals surface area contributed by atoms with E-state index in [1.54, 1.807) is 18.4 Å². The molecule has 0 atom stereocenters. The number of nitrogens with two attached hydrogens (primary N) is 1. The van der Waals surface area contributed by atoms with Gasteiger partial charge in [0.1, 0.15) is 17.6 Å². The second-order valence-electron chi connectivity index (χ2n) is 8.26. The van der Waals surface area contributed by atoms with Crippen LogP contribution in [0.25, 0.3) is 26.0 Å². The van der Waals surface area contributed by atoms with Gasteiger partial charge in [0.05, 0.1) is 17.5 Å². The summed E-state index contributed by atoms with van der Waals surface area (Å²) in [6.07, 6.45) is 1.53. The van der Waals surface area contributed by atoms with Gasteiger partial charge in [-0.25, -0.2) is 9.50 Å². The van der Waals surface area contributed by atoms with Gasteiger partial charge in [-0.3, -0.25) is 4.90 Å². The molecule has 4 heterocycles. The van der Waals surface area contributed by atoms with Gasteiger partial charge in [0.15, 0.2) is 5.82 Å². The fraction of sp³-hybridized carbons (Fsp3) is 0.364. The van der Waals surface area contributed by atoms with Crippen molar-refractivity contribution in [1.29, 1.82) is 0 Å². The molecule has 156 valence electrons. The molecule has 0 spiro atoms. The van der Waals surface area contributed by atoms with Crippen LogP contribution in [0.2, 0.25) is 0 Å². The van der Waals surface area contributed by atoms with E-state index < -0.39 is 0 Å². The number of methoxy groups -OCH3 is 1. The van der Waals surface area contributed by atoms with Gasteiger partial charge < -0.3 is 15.4 Å². The third-order valence-corrected chi connectivity index (χ3v) is 7.12. The molecule has 3 aromatic heterocycles. The van der Waals surface area contributed by atoms with Crippen molar-refractivity contribution in [2.75, 3.05) is 40.0 Å². The number of likely N-dealkylation sites (tertiary alicyclic amines) is 1. The Morgan fingerprint density at radius 1 is 1.23 bits per heavy atom. The average Bonchev–Trinajstić information content (AvgIpc) is 3.25. The minimum Gasteiger partial charge on any atom is -0.495 e. The van der Waals surface area contributed by atoms with Gasteiger partial charge in [0.25, 0.3) is 0 Å². The van der Waals surface area contributed by atoms with Gasteiger partial charge in [-0.1, -0.05) is 6.07 Å². The van der Waals surface area contributed by atoms with Gasteiger partial charge in [0.2, 0.25) is 0 Å². The molecule has 0 unspecified atom stereocenters. The molecule has 0 amide bonds. The molecule has 0 bridgehead atoms. The molecule has 5 rings (SSSR count). The number of aromatic nitrogens is 3. The number of benzene rings is 1. The lowest BCUT2D eigenvalue weighted by Gasteiger charge is -2.42. The maximum Gasteiger partial charge on any atom is 0.152 e. The number of thiophene rings is 1. The first-order valence-corrected chi connectivity index (χ1v) is 10.8. The molecule has 30 heavy (non-hydrogen) atoms. The number of hydrogen-bond acceptors (Lipinski definition) is 7. The molecule has 0 radical (unpaired) electrons. The zero-order valence-corrected chi connectivity index (χ0v) is 18.5. The van der Waals surface area contributed by atoms with Crippen LogP contribution in [0.4, 0.5) is 5.82 Å². The molecular weight excluding hydrogens is 396 g/mol. The van der Waals surface area contributed by atoms with E-state index in [1.165, 1.54) is 17.3 Å². The summed E-state index contributed by atoms with van der Waals surface area (Å²) in [6.45, 7) is 5.06. The number of rotatable bonds is 5. The van der Waals surface area contributed by atoms with E-state index in [2.05, 4.69) is 65.2 Å². The highest BCUT2D eigenvalue weighted by Gasteiger charge is 2.29. The number of likely N-dealkylation sites (N-methyl/N-ethyl adjacent to an activating group) is 1. The molecule has 1 aliphatic heterocycles. The van der Waals surface area contributed by atoms with Crippen LogP contribution in [0.1, 0.15) is 11.3 Å². The SMILES string of the molecule is COc1cc(C)cc2cc(-c3cc(CN4CC(N(C)C)C4)n4ncnc(N)c34)sc12. The van der Waals surface area contributed by atoms with Crippen LogP contribution < -0.4 is 10.5 Å². The highest BCUT2D eigenvalue weighted by atomic mass is 32.1. The minimum absolute atomic E-state index is 0.502. The lowest BCUT2D eigenvalue weighted by molar-refractivity contribution is 0.0559. The van der Waals surface area contributed by atoms with Gasteiger partial charge in [-0.2, -0.15) is 5.10 Å². The average molecular weight is 423 g/mol. The molecule has 1 aliphatic rings. The number of nitrogen functional groups attached to an aromatic ring is 1. The monoisotopic (exact) mass is 422 g/mol. The Bertz CT molecular complexity index is 1240. The highest BCUT2D eigenvalue weighted by Crippen LogP contribution is 2.42. The van der Waals surface area contributed by atoms with E-state index >= 15 is 0 Å². The topological polar surface area (TPSA) is 71.9 Å². The predicted molar refractivity (Wildman–Crippen MR) is 122 cm³/mol. The zero-order chi connectivity index (χ0) is 21.0. The Kier molecular flexibility index (Phi) is 4.65. The summed E-state index contributed by atoms with van der Waals surface area (Å²) in [7, 11) is 6.00. The zero-order valence-electron chi connectivity index (χ0n) is 17.7. The van der Waals surface area contributed by atoms with Gasteiger partial charge in [-0.15, -0.1) is 11.3 Å². The first kappa shape index (κ1) is 19.3. The van der Waals surface area contributed by atoms with E-state index in [0.29, 0.717) is 11.9 Å². The van der Waals surface area contributed by atoms with Crippen LogP contribution in [0, 0.1) is 6.92 Å². The number of ether oxygens (including phenoxy) is 1. The number of aryl methyl sites for hydroxylation is 1. The van der Waals surface area contributed by atoms with Crippen LogP contribution in [0.3, 0.4) is 0 Å². The van der Waals surface area contributed by atoms with E-state index in [4.69, 9.17) is 10.5 Å². The normalized spacial score (nSPS) is 15.4. The van der Waals surface area contributed by atoms with E-state index in [9.17, 15) is 0 Å². The number of nitrogens with zero attached hydrogens (tertiary/aromatic N) is 5. The highest BCUT2D eigenvalue weighted by molar-refractivity contribution is 7.22. The van der Waals surface area contributed by atoms with Crippen molar-refractivity contribution < 1.29 is 4.74 Å². The first-order valence-electron chi connectivity index (χ1n) is 10.0. The lowest BCUT2D eigenvalue weighted by Crippen LogP contribution is -2.56. The molecule has 4 aromatic rings. The second-order valence-corrected chi connectivity index (χ2v) is 9.31. The van der Waals surface area contributed by atoms with Gasteiger partial charge in [0, 0.05) is 36.1 Å². The van der Waals surface area contributed by atoms with Crippen molar-refractivity contribution in [2.45, 2.75) is 19.5 Å². The maximum atomic E-state index is 6.31. The summed E-state index contributed by atoms with van der Waals surface area (Å²) in [5, 5.41) is 5.70. The maximum absolute atomic E-state index is 6.31. The van der Waals surface area contributed by atoms with Crippen molar-refractivity contribution in [3.63, 3.8) is 0 Å². The Labute approximate surface area is 179 Å². The van der Waals surface area contributed by atoms with Crippen molar-refractivity contribution in [3.05, 3.63) is 41.9 Å². The lowest BCUT2D eigenvalue weighted by atomic mass is 10.1. The Morgan fingerprint density at radius 2 is 2.03 bits per heavy atom. The molecule has 1 aromatic carbocycles. The molecule has 0 aliphatic carbocycles. The predicted octanol–water partition coefficient (Wildman–Crippen LogP) is 3.26. The smallest absolute Gasteiger partial charge is 0.152 e. The van der Waals surface area contributed by atoms with Crippen molar-refractivity contribution >= 4 is 32.8 Å². The fourth-order valence-corrected chi connectivity index (χ4v) is 5.36. The van der Waals surface area contributed by atoms with Gasteiger partial charge >= 0.3 is 0 Å². The Balaban J connectivity index is 1.59. The summed E-state index contributed by atoms with van der Waals surface area (Å²) in [5.74, 6) is 1.41. The summed E-state index contributed by atoms with van der Waals surface area (Å²) in [5.41, 5.74) is 10.6. The Morgan fingerprint density at radius 3 is 2.77 bits per heavy atom. The third-order valence-electron chi connectivity index (χ3n) is 5.92. The molecule has 1 fully saturated rings. The minimum atomic E-state index is 0.502. The van der Waals surface area contributed by atoms with Crippen LogP contribution in [0.15, 0.2) is 30.6 Å². The molecule has 7 nitrogen and oxygen atoms in total. The molecule has 1 saturated heterocycles. The third kappa shape index (κ3) is 3.12. The van der Waals surface area contributed by atoms with Crippen LogP contribution in [-0.4, -0.2) is 64.7 Å². The molecular formula is C22H26N6OS. The first-order chi connectivity index (χ1) is 14.4. The standard InChI is InChI=1S/C22H26N6OS/c1-13-5-14-7-19(30-21(14)18(6-13)29-4)17-8-15(9-27-10-16(11-27)26(2)3)28-20(17)22(23)24-12-25-28/h5-8,12,16H,9-11H2,1-4H3,(H2,23,24,25). The summed E-state index contributed by atoms with van der Waals surface area (Å²) < 4.78 is 8.72. The van der Waals surface area contributed by atoms with Crippen molar-refractivity contribution in [3.8, 4) is 16.2 Å². The van der Waals surface area contributed by atoms with Crippen LogP contribution in [0.5, 0.6) is 5.75 Å². The van der Waals surface area contributed by atoms with E-state index in [-0.39, 0.29) is 0 Å². The Hall–Kier alpha value is -2.68. The summed E-state index contributed by atoms with van der Waals surface area (Å²) in [4.78, 5) is 10.1. The van der Waals surface area contributed by atoms with Crippen LogP contribution >= 0.6 is 11.3 Å². The molecule has 2 N–H and O–H groups in total. The molecule has 0 saturated carbocycles. The van der Waals surface area contributed by atoms with E-state index in [0.717, 1.165) is 51.7 Å². The van der Waals surface area contributed by atoms with E-state index in [1.807, 2.05) is 4.52 Å². The van der Waals surface area contributed by atoms with Crippen molar-refractivity contribution in [1.82, 2.24) is 24.4 Å². The van der Waals surface area contributed by atoms with Crippen molar-refractivity contribution in [2.24, 2.45) is 0 Å². The van der Waals surface area contributed by atoms with Gasteiger partial charge in [-0.05, 0) is 50.2 Å². The second kappa shape index (κ2) is 7.23. The molecule has 8 heteroatoms.